The second-order valence-electron chi connectivity index (χ2n) is 4.28. The number of ketones is 1. The van der Waals surface area contributed by atoms with Crippen molar-refractivity contribution in [2.45, 2.75) is 6.42 Å². The maximum atomic E-state index is 13.6. The van der Waals surface area contributed by atoms with Gasteiger partial charge in [0.25, 0.3) is 0 Å². The Morgan fingerprint density at radius 2 is 1.86 bits per heavy atom. The number of aliphatic hydroxyl groups is 1. The van der Waals surface area contributed by atoms with Crippen molar-refractivity contribution in [3.05, 3.63) is 69.4 Å². The molecule has 2 N–H and O–H groups in total. The predicted molar refractivity (Wildman–Crippen MR) is 76.2 cm³/mol. The first-order valence-corrected chi connectivity index (χ1v) is 6.90. The van der Waals surface area contributed by atoms with Crippen molar-refractivity contribution in [1.29, 1.82) is 0 Å². The lowest BCUT2D eigenvalue weighted by Gasteiger charge is -2.03. The molecule has 4 nitrogen and oxygen atoms in total. The molecule has 2 rings (SSSR count). The van der Waals surface area contributed by atoms with E-state index in [2.05, 4.69) is 0 Å². The highest BCUT2D eigenvalue weighted by atomic mass is 32.1. The third-order valence-electron chi connectivity index (χ3n) is 2.83. The summed E-state index contributed by atoms with van der Waals surface area (Å²) < 4.78 is 13.6. The molecule has 0 fully saturated rings. The van der Waals surface area contributed by atoms with Crippen LogP contribution in [0, 0.1) is 5.82 Å². The number of allylic oxidation sites excluding steroid dienone is 1. The highest BCUT2D eigenvalue weighted by molar-refractivity contribution is 7.08. The monoisotopic (exact) mass is 306 g/mol. The van der Waals surface area contributed by atoms with E-state index in [4.69, 9.17) is 10.2 Å². The summed E-state index contributed by atoms with van der Waals surface area (Å²) in [4.78, 5) is 22.4. The van der Waals surface area contributed by atoms with Crippen molar-refractivity contribution in [2.75, 3.05) is 0 Å². The van der Waals surface area contributed by atoms with Gasteiger partial charge in [0, 0.05) is 23.4 Å². The zero-order valence-corrected chi connectivity index (χ0v) is 11.6. The van der Waals surface area contributed by atoms with Crippen LogP contribution < -0.4 is 0 Å². The van der Waals surface area contributed by atoms with Crippen LogP contribution in [0.2, 0.25) is 0 Å². The van der Waals surface area contributed by atoms with E-state index in [1.54, 1.807) is 29.0 Å². The van der Waals surface area contributed by atoms with Crippen LogP contribution in [0.5, 0.6) is 0 Å². The normalized spacial score (nSPS) is 11.4. The first-order chi connectivity index (χ1) is 9.99. The topological polar surface area (TPSA) is 74.6 Å². The molecule has 1 aromatic carbocycles. The van der Waals surface area contributed by atoms with Crippen molar-refractivity contribution < 1.29 is 24.2 Å². The molecule has 0 aliphatic heterocycles. The second kappa shape index (κ2) is 6.32. The molecule has 0 saturated heterocycles. The summed E-state index contributed by atoms with van der Waals surface area (Å²) >= 11 is 1.25. The Labute approximate surface area is 123 Å². The van der Waals surface area contributed by atoms with Crippen LogP contribution in [-0.4, -0.2) is 22.0 Å². The van der Waals surface area contributed by atoms with Gasteiger partial charge in [-0.1, -0.05) is 18.2 Å². The van der Waals surface area contributed by atoms with E-state index in [0.717, 1.165) is 0 Å². The van der Waals surface area contributed by atoms with Crippen molar-refractivity contribution >= 4 is 23.1 Å². The molecule has 1 heterocycles. The SMILES string of the molecule is O=C(O)/C(O)=C/C(=O)c1cscc1Cc1ccccc1F. The first-order valence-electron chi connectivity index (χ1n) is 5.96. The number of aliphatic carboxylic acids is 1. The minimum Gasteiger partial charge on any atom is -0.502 e. The Kier molecular flexibility index (Phi) is 4.49. The molecule has 6 heteroatoms. The van der Waals surface area contributed by atoms with Gasteiger partial charge in [-0.2, -0.15) is 11.3 Å². The highest BCUT2D eigenvalue weighted by Crippen LogP contribution is 2.21. The van der Waals surface area contributed by atoms with Gasteiger partial charge in [0.2, 0.25) is 5.76 Å². The van der Waals surface area contributed by atoms with Gasteiger partial charge >= 0.3 is 5.97 Å². The van der Waals surface area contributed by atoms with E-state index < -0.39 is 17.5 Å². The molecule has 1 aromatic heterocycles. The third-order valence-corrected chi connectivity index (χ3v) is 3.63. The van der Waals surface area contributed by atoms with Gasteiger partial charge in [-0.25, -0.2) is 9.18 Å². The molecule has 21 heavy (non-hydrogen) atoms. The number of carboxylic acids is 1. The number of benzene rings is 1. The van der Waals surface area contributed by atoms with E-state index in [1.807, 2.05) is 0 Å². The second-order valence-corrected chi connectivity index (χ2v) is 5.02. The van der Waals surface area contributed by atoms with Crippen molar-refractivity contribution in [3.63, 3.8) is 0 Å². The van der Waals surface area contributed by atoms with Crippen molar-refractivity contribution in [2.24, 2.45) is 0 Å². The number of hydrogen-bond acceptors (Lipinski definition) is 4. The molecule has 0 spiro atoms. The van der Waals surface area contributed by atoms with Gasteiger partial charge in [0.05, 0.1) is 0 Å². The van der Waals surface area contributed by atoms with Gasteiger partial charge in [0.15, 0.2) is 5.78 Å². The van der Waals surface area contributed by atoms with E-state index in [9.17, 15) is 14.0 Å². The van der Waals surface area contributed by atoms with Crippen LogP contribution >= 0.6 is 11.3 Å². The zero-order chi connectivity index (χ0) is 15.4. The molecule has 2 aromatic rings. The van der Waals surface area contributed by atoms with Crippen LogP contribution in [0.3, 0.4) is 0 Å². The Morgan fingerprint density at radius 3 is 2.52 bits per heavy atom. The van der Waals surface area contributed by atoms with Crippen molar-refractivity contribution in [3.8, 4) is 0 Å². The average molecular weight is 306 g/mol. The number of thiophene rings is 1. The van der Waals surface area contributed by atoms with Crippen LogP contribution in [0.25, 0.3) is 0 Å². The summed E-state index contributed by atoms with van der Waals surface area (Å²) in [5.41, 5.74) is 1.29. The molecule has 0 unspecified atom stereocenters. The standard InChI is InChI=1S/C15H11FO4S/c16-12-4-2-1-3-9(12)5-10-7-21-8-11(10)13(17)6-14(18)15(19)20/h1-4,6-8,18H,5H2,(H,19,20)/b14-6-. The lowest BCUT2D eigenvalue weighted by Crippen LogP contribution is -2.05. The van der Waals surface area contributed by atoms with Gasteiger partial charge in [-0.3, -0.25) is 4.79 Å². The van der Waals surface area contributed by atoms with E-state index in [1.165, 1.54) is 17.4 Å². The van der Waals surface area contributed by atoms with Gasteiger partial charge in [-0.05, 0) is 22.6 Å². The summed E-state index contributed by atoms with van der Waals surface area (Å²) in [6.45, 7) is 0. The smallest absolute Gasteiger partial charge is 0.371 e. The third kappa shape index (κ3) is 3.55. The molecule has 0 saturated carbocycles. The fourth-order valence-corrected chi connectivity index (χ4v) is 2.63. The quantitative estimate of drug-likeness (QED) is 0.505. The zero-order valence-electron chi connectivity index (χ0n) is 10.7. The Morgan fingerprint density at radius 1 is 1.14 bits per heavy atom. The highest BCUT2D eigenvalue weighted by Gasteiger charge is 2.15. The van der Waals surface area contributed by atoms with Gasteiger partial charge in [0.1, 0.15) is 5.82 Å². The number of carboxylic acid groups (broad SMARTS) is 1. The summed E-state index contributed by atoms with van der Waals surface area (Å²) in [7, 11) is 0. The lowest BCUT2D eigenvalue weighted by molar-refractivity contribution is -0.135. The number of carbonyl (C=O) groups is 2. The molecule has 0 amide bonds. The van der Waals surface area contributed by atoms with Crippen LogP contribution in [-0.2, 0) is 11.2 Å². The summed E-state index contributed by atoms with van der Waals surface area (Å²) in [6.07, 6.45) is 0.869. The molecular weight excluding hydrogens is 295 g/mol. The van der Waals surface area contributed by atoms with E-state index in [0.29, 0.717) is 17.2 Å². The fourth-order valence-electron chi connectivity index (χ4n) is 1.79. The Hall–Kier alpha value is -2.47. The summed E-state index contributed by atoms with van der Waals surface area (Å²) in [5.74, 6) is -3.59. The van der Waals surface area contributed by atoms with Crippen LogP contribution in [0.4, 0.5) is 4.39 Å². The Bertz CT molecular complexity index is 718. The van der Waals surface area contributed by atoms with Gasteiger partial charge in [-0.15, -0.1) is 0 Å². The summed E-state index contributed by atoms with van der Waals surface area (Å²) in [5, 5.41) is 20.9. The molecule has 0 aliphatic rings. The average Bonchev–Trinajstić information content (AvgIpc) is 2.89. The number of hydrogen-bond donors (Lipinski definition) is 2. The Balaban J connectivity index is 2.27. The number of carbonyl (C=O) groups excluding carboxylic acids is 1. The minimum absolute atomic E-state index is 0.221. The fraction of sp³-hybridized carbons (Fsp3) is 0.0667. The maximum absolute atomic E-state index is 13.6. The first kappa shape index (κ1) is 14.9. The largest absolute Gasteiger partial charge is 0.502 e. The van der Waals surface area contributed by atoms with E-state index >= 15 is 0 Å². The van der Waals surface area contributed by atoms with Crippen LogP contribution in [0.1, 0.15) is 21.5 Å². The van der Waals surface area contributed by atoms with Crippen LogP contribution in [0.15, 0.2) is 46.9 Å². The number of halogens is 1. The minimum atomic E-state index is -1.57. The number of rotatable bonds is 5. The predicted octanol–water partition coefficient (Wildman–Crippen LogP) is 3.19. The number of aliphatic hydroxyl groups excluding tert-OH is 1. The van der Waals surface area contributed by atoms with Crippen molar-refractivity contribution in [1.82, 2.24) is 0 Å². The maximum Gasteiger partial charge on any atom is 0.371 e. The molecule has 0 atom stereocenters. The van der Waals surface area contributed by atoms with Gasteiger partial charge < -0.3 is 10.2 Å². The molecule has 0 bridgehead atoms. The van der Waals surface area contributed by atoms with E-state index in [-0.39, 0.29) is 17.8 Å². The molecule has 108 valence electrons. The summed E-state index contributed by atoms with van der Waals surface area (Å²) in [6, 6.07) is 6.22. The molecular formula is C15H11FO4S. The molecule has 0 aliphatic carbocycles. The molecule has 0 radical (unpaired) electrons. The lowest BCUT2D eigenvalue weighted by atomic mass is 10.0.